The first kappa shape index (κ1) is 19.5. The standard InChI is InChI=1S/C18H23N3O4S2/c1-24-16-8-7-13(12-17(16)25-2)19-18-21(9-10-26-18)15-6-4-5-14(11-15)20-27(3,22)23/h4-8,11-12,18-20H,9-10H2,1-3H3. The summed E-state index contributed by atoms with van der Waals surface area (Å²) in [5, 5.41) is 3.50. The van der Waals surface area contributed by atoms with Crippen LogP contribution in [-0.2, 0) is 10.0 Å². The van der Waals surface area contributed by atoms with Gasteiger partial charge in [0.15, 0.2) is 11.5 Å². The van der Waals surface area contributed by atoms with E-state index in [-0.39, 0.29) is 5.50 Å². The number of rotatable bonds is 7. The second kappa shape index (κ2) is 8.18. The molecule has 3 rings (SSSR count). The summed E-state index contributed by atoms with van der Waals surface area (Å²) in [7, 11) is -0.0911. The van der Waals surface area contributed by atoms with E-state index in [1.807, 2.05) is 36.4 Å². The lowest BCUT2D eigenvalue weighted by atomic mass is 10.2. The van der Waals surface area contributed by atoms with Crippen LogP contribution in [0.2, 0.25) is 0 Å². The second-order valence-corrected chi connectivity index (χ2v) is 8.99. The van der Waals surface area contributed by atoms with E-state index < -0.39 is 10.0 Å². The predicted octanol–water partition coefficient (Wildman–Crippen LogP) is 3.02. The minimum atomic E-state index is -3.31. The Labute approximate surface area is 164 Å². The molecule has 1 aliphatic rings. The van der Waals surface area contributed by atoms with Gasteiger partial charge in [0.2, 0.25) is 10.0 Å². The van der Waals surface area contributed by atoms with E-state index in [0.29, 0.717) is 17.2 Å². The van der Waals surface area contributed by atoms with Crippen molar-refractivity contribution in [2.45, 2.75) is 5.50 Å². The third kappa shape index (κ3) is 4.92. The average Bonchev–Trinajstić information content (AvgIpc) is 3.08. The fourth-order valence-electron chi connectivity index (χ4n) is 2.88. The SMILES string of the molecule is COc1ccc(NC2SCCN2c2cccc(NS(C)(=O)=O)c2)cc1OC. The van der Waals surface area contributed by atoms with Gasteiger partial charge < -0.3 is 19.7 Å². The van der Waals surface area contributed by atoms with Crippen LogP contribution in [0.1, 0.15) is 0 Å². The van der Waals surface area contributed by atoms with Crippen LogP contribution in [0.3, 0.4) is 0 Å². The summed E-state index contributed by atoms with van der Waals surface area (Å²) in [4.78, 5) is 2.20. The zero-order chi connectivity index (χ0) is 19.4. The molecular weight excluding hydrogens is 386 g/mol. The van der Waals surface area contributed by atoms with Crippen LogP contribution in [-0.4, -0.2) is 46.7 Å². The Morgan fingerprint density at radius 1 is 1.07 bits per heavy atom. The minimum absolute atomic E-state index is 0.0246. The molecule has 9 heteroatoms. The molecule has 0 saturated carbocycles. The van der Waals surface area contributed by atoms with E-state index in [0.717, 1.165) is 29.9 Å². The lowest BCUT2D eigenvalue weighted by molar-refractivity contribution is 0.355. The maximum absolute atomic E-state index is 11.5. The Hall–Kier alpha value is -2.26. The number of sulfonamides is 1. The van der Waals surface area contributed by atoms with E-state index in [9.17, 15) is 8.42 Å². The number of hydrogen-bond donors (Lipinski definition) is 2. The van der Waals surface area contributed by atoms with Gasteiger partial charge in [-0.1, -0.05) is 6.07 Å². The van der Waals surface area contributed by atoms with Crippen molar-refractivity contribution in [3.63, 3.8) is 0 Å². The minimum Gasteiger partial charge on any atom is -0.493 e. The van der Waals surface area contributed by atoms with Crippen molar-refractivity contribution in [1.82, 2.24) is 0 Å². The predicted molar refractivity (Wildman–Crippen MR) is 112 cm³/mol. The fourth-order valence-corrected chi connectivity index (χ4v) is 4.59. The van der Waals surface area contributed by atoms with Crippen molar-refractivity contribution in [1.29, 1.82) is 0 Å². The molecule has 0 aliphatic carbocycles. The number of anilines is 3. The van der Waals surface area contributed by atoms with E-state index >= 15 is 0 Å². The van der Waals surface area contributed by atoms with Crippen LogP contribution in [0.4, 0.5) is 17.1 Å². The second-order valence-electron chi connectivity index (χ2n) is 6.06. The van der Waals surface area contributed by atoms with Crippen molar-refractivity contribution >= 4 is 38.8 Å². The lowest BCUT2D eigenvalue weighted by Gasteiger charge is -2.28. The number of methoxy groups -OCH3 is 2. The van der Waals surface area contributed by atoms with Crippen molar-refractivity contribution in [3.8, 4) is 11.5 Å². The van der Waals surface area contributed by atoms with Crippen molar-refractivity contribution in [2.24, 2.45) is 0 Å². The molecule has 1 fully saturated rings. The molecule has 7 nitrogen and oxygen atoms in total. The normalized spacial score (nSPS) is 16.9. The fraction of sp³-hybridized carbons (Fsp3) is 0.333. The topological polar surface area (TPSA) is 79.9 Å². The number of hydrogen-bond acceptors (Lipinski definition) is 7. The van der Waals surface area contributed by atoms with Gasteiger partial charge in [-0.15, -0.1) is 11.8 Å². The molecule has 1 saturated heterocycles. The van der Waals surface area contributed by atoms with Gasteiger partial charge in [0.25, 0.3) is 0 Å². The Balaban J connectivity index is 1.79. The smallest absolute Gasteiger partial charge is 0.229 e. The largest absolute Gasteiger partial charge is 0.493 e. The molecule has 0 aromatic heterocycles. The summed E-state index contributed by atoms with van der Waals surface area (Å²) in [6.45, 7) is 0.859. The highest BCUT2D eigenvalue weighted by Gasteiger charge is 2.26. The summed E-state index contributed by atoms with van der Waals surface area (Å²) >= 11 is 1.79. The van der Waals surface area contributed by atoms with Gasteiger partial charge in [-0.25, -0.2) is 8.42 Å². The summed E-state index contributed by atoms with van der Waals surface area (Å²) in [6.07, 6.45) is 1.15. The van der Waals surface area contributed by atoms with Gasteiger partial charge in [0, 0.05) is 29.7 Å². The van der Waals surface area contributed by atoms with E-state index in [2.05, 4.69) is 14.9 Å². The van der Waals surface area contributed by atoms with Gasteiger partial charge in [0.1, 0.15) is 5.50 Å². The number of ether oxygens (including phenoxy) is 2. The van der Waals surface area contributed by atoms with Crippen LogP contribution >= 0.6 is 11.8 Å². The Bertz CT molecular complexity index is 905. The first-order valence-electron chi connectivity index (χ1n) is 8.34. The van der Waals surface area contributed by atoms with Gasteiger partial charge in [-0.3, -0.25) is 4.72 Å². The first-order valence-corrected chi connectivity index (χ1v) is 11.3. The molecule has 1 atom stereocenters. The van der Waals surface area contributed by atoms with Gasteiger partial charge in [0.05, 0.1) is 26.2 Å². The maximum atomic E-state index is 11.5. The molecule has 2 aromatic rings. The molecule has 27 heavy (non-hydrogen) atoms. The molecule has 0 amide bonds. The van der Waals surface area contributed by atoms with Crippen molar-refractivity contribution < 1.29 is 17.9 Å². The van der Waals surface area contributed by atoms with Gasteiger partial charge >= 0.3 is 0 Å². The first-order chi connectivity index (χ1) is 12.9. The highest BCUT2D eigenvalue weighted by Crippen LogP contribution is 2.34. The number of thioether (sulfide) groups is 1. The van der Waals surface area contributed by atoms with E-state index in [1.54, 1.807) is 32.0 Å². The Morgan fingerprint density at radius 3 is 2.56 bits per heavy atom. The third-order valence-corrected chi connectivity index (χ3v) is 5.76. The molecule has 2 N–H and O–H groups in total. The number of nitrogens with one attached hydrogen (secondary N) is 2. The summed E-state index contributed by atoms with van der Waals surface area (Å²) < 4.78 is 36.1. The molecule has 0 radical (unpaired) electrons. The third-order valence-electron chi connectivity index (χ3n) is 4.05. The summed E-state index contributed by atoms with van der Waals surface area (Å²) in [5.41, 5.74) is 2.45. The van der Waals surface area contributed by atoms with Crippen LogP contribution in [0, 0.1) is 0 Å². The highest BCUT2D eigenvalue weighted by molar-refractivity contribution is 8.00. The summed E-state index contributed by atoms with van der Waals surface area (Å²) in [5.74, 6) is 2.31. The molecule has 2 aromatic carbocycles. The zero-order valence-electron chi connectivity index (χ0n) is 15.4. The zero-order valence-corrected chi connectivity index (χ0v) is 17.1. The summed E-state index contributed by atoms with van der Waals surface area (Å²) in [6, 6.07) is 13.1. The van der Waals surface area contributed by atoms with Gasteiger partial charge in [-0.2, -0.15) is 0 Å². The lowest BCUT2D eigenvalue weighted by Crippen LogP contribution is -2.34. The average molecular weight is 410 g/mol. The molecule has 1 aliphatic heterocycles. The van der Waals surface area contributed by atoms with Crippen LogP contribution in [0.25, 0.3) is 0 Å². The highest BCUT2D eigenvalue weighted by atomic mass is 32.2. The van der Waals surface area contributed by atoms with E-state index in [1.165, 1.54) is 0 Å². The van der Waals surface area contributed by atoms with Crippen molar-refractivity contribution in [3.05, 3.63) is 42.5 Å². The van der Waals surface area contributed by atoms with Crippen LogP contribution in [0.5, 0.6) is 11.5 Å². The molecule has 0 bridgehead atoms. The Kier molecular flexibility index (Phi) is 5.91. The van der Waals surface area contributed by atoms with Gasteiger partial charge in [-0.05, 0) is 30.3 Å². The quantitative estimate of drug-likeness (QED) is 0.728. The molecular formula is C18H23N3O4S2. The molecule has 1 unspecified atom stereocenters. The molecule has 0 spiro atoms. The van der Waals surface area contributed by atoms with Crippen molar-refractivity contribution in [2.75, 3.05) is 47.7 Å². The van der Waals surface area contributed by atoms with Crippen LogP contribution < -0.4 is 24.4 Å². The van der Waals surface area contributed by atoms with E-state index in [4.69, 9.17) is 9.47 Å². The Morgan fingerprint density at radius 2 is 1.85 bits per heavy atom. The molecule has 1 heterocycles. The maximum Gasteiger partial charge on any atom is 0.229 e. The molecule has 146 valence electrons. The van der Waals surface area contributed by atoms with Crippen LogP contribution in [0.15, 0.2) is 42.5 Å². The monoisotopic (exact) mass is 409 g/mol. The number of benzene rings is 2. The number of nitrogens with zero attached hydrogens (tertiary/aromatic N) is 1.